The van der Waals surface area contributed by atoms with Gasteiger partial charge >= 0.3 is 0 Å². The van der Waals surface area contributed by atoms with Crippen LogP contribution in [0.5, 0.6) is 11.5 Å². The van der Waals surface area contributed by atoms with Crippen molar-refractivity contribution in [2.45, 2.75) is 25.7 Å². The van der Waals surface area contributed by atoms with E-state index in [0.717, 1.165) is 25.9 Å². The van der Waals surface area contributed by atoms with E-state index < -0.39 is 0 Å². The van der Waals surface area contributed by atoms with Crippen LogP contribution < -0.4 is 14.8 Å². The summed E-state index contributed by atoms with van der Waals surface area (Å²) in [6, 6.07) is 14.0. The summed E-state index contributed by atoms with van der Waals surface area (Å²) in [5.41, 5.74) is 1.11. The number of benzene rings is 2. The number of methoxy groups -OCH3 is 1. The highest BCUT2D eigenvalue weighted by molar-refractivity contribution is 6.06. The van der Waals surface area contributed by atoms with E-state index >= 15 is 0 Å². The molecule has 6 nitrogen and oxygen atoms in total. The van der Waals surface area contributed by atoms with Gasteiger partial charge in [0.1, 0.15) is 11.5 Å². The number of hydrogen-bond acceptors (Lipinski definition) is 4. The van der Waals surface area contributed by atoms with Crippen LogP contribution in [0.25, 0.3) is 0 Å². The van der Waals surface area contributed by atoms with E-state index in [1.807, 2.05) is 11.0 Å². The molecule has 2 amide bonds. The Bertz CT molecular complexity index is 796. The topological polar surface area (TPSA) is 67.9 Å². The summed E-state index contributed by atoms with van der Waals surface area (Å²) in [7, 11) is 1.53. The summed E-state index contributed by atoms with van der Waals surface area (Å²) in [5, 5.41) is 2.83. The third kappa shape index (κ3) is 5.25. The van der Waals surface area contributed by atoms with Crippen LogP contribution in [0.2, 0.25) is 0 Å². The van der Waals surface area contributed by atoms with Gasteiger partial charge in [0.05, 0.1) is 12.7 Å². The lowest BCUT2D eigenvalue weighted by atomic mass is 10.2. The number of hydrogen-bond donors (Lipinski definition) is 1. The van der Waals surface area contributed by atoms with Crippen molar-refractivity contribution in [1.29, 1.82) is 0 Å². The highest BCUT2D eigenvalue weighted by Crippen LogP contribution is 2.21. The van der Waals surface area contributed by atoms with E-state index in [2.05, 4.69) is 5.32 Å². The Balaban J connectivity index is 1.53. The Kier molecular flexibility index (Phi) is 6.89. The van der Waals surface area contributed by atoms with Crippen molar-refractivity contribution < 1.29 is 19.1 Å². The van der Waals surface area contributed by atoms with Crippen molar-refractivity contribution in [3.05, 3.63) is 54.1 Å². The van der Waals surface area contributed by atoms with Crippen molar-refractivity contribution in [2.24, 2.45) is 0 Å². The van der Waals surface area contributed by atoms with Crippen LogP contribution in [0.3, 0.4) is 0 Å². The van der Waals surface area contributed by atoms with Crippen LogP contribution in [0.4, 0.5) is 5.69 Å². The highest BCUT2D eigenvalue weighted by Gasteiger charge is 2.16. The van der Waals surface area contributed by atoms with Gasteiger partial charge in [-0.05, 0) is 49.2 Å². The summed E-state index contributed by atoms with van der Waals surface area (Å²) in [4.78, 5) is 26.6. The zero-order valence-electron chi connectivity index (χ0n) is 16.1. The lowest BCUT2D eigenvalue weighted by Crippen LogP contribution is -2.35. The van der Waals surface area contributed by atoms with Gasteiger partial charge < -0.3 is 19.7 Å². The van der Waals surface area contributed by atoms with Gasteiger partial charge in [-0.1, -0.05) is 25.0 Å². The smallest absolute Gasteiger partial charge is 0.260 e. The average Bonchev–Trinajstić information content (AvgIpc) is 3.02. The quantitative estimate of drug-likeness (QED) is 0.827. The second-order valence-electron chi connectivity index (χ2n) is 6.76. The van der Waals surface area contributed by atoms with Crippen molar-refractivity contribution in [3.63, 3.8) is 0 Å². The fourth-order valence-electron chi connectivity index (χ4n) is 3.22. The lowest BCUT2D eigenvalue weighted by Gasteiger charge is -2.20. The third-order valence-corrected chi connectivity index (χ3v) is 4.78. The molecule has 0 radical (unpaired) electrons. The summed E-state index contributed by atoms with van der Waals surface area (Å²) >= 11 is 0. The molecule has 0 unspecified atom stereocenters. The average molecular weight is 382 g/mol. The Hall–Kier alpha value is -3.02. The maximum atomic E-state index is 12.4. The zero-order chi connectivity index (χ0) is 19.8. The van der Waals surface area contributed by atoms with Crippen molar-refractivity contribution >= 4 is 17.5 Å². The van der Waals surface area contributed by atoms with Crippen LogP contribution in [0.15, 0.2) is 48.5 Å². The zero-order valence-corrected chi connectivity index (χ0v) is 16.1. The molecular weight excluding hydrogens is 356 g/mol. The number of anilines is 1. The molecule has 2 aromatic carbocycles. The van der Waals surface area contributed by atoms with E-state index in [1.54, 1.807) is 42.5 Å². The number of carbonyl (C=O) groups excluding carboxylic acids is 2. The van der Waals surface area contributed by atoms with Crippen molar-refractivity contribution in [1.82, 2.24) is 4.90 Å². The number of carbonyl (C=O) groups is 2. The molecule has 1 aliphatic rings. The fourth-order valence-corrected chi connectivity index (χ4v) is 3.22. The van der Waals surface area contributed by atoms with Gasteiger partial charge in [-0.15, -0.1) is 0 Å². The summed E-state index contributed by atoms with van der Waals surface area (Å²) in [6.07, 6.45) is 4.50. The molecule has 0 spiro atoms. The molecule has 2 aromatic rings. The monoisotopic (exact) mass is 382 g/mol. The minimum Gasteiger partial charge on any atom is -0.496 e. The lowest BCUT2D eigenvalue weighted by molar-refractivity contribution is -0.133. The molecule has 1 aliphatic heterocycles. The molecule has 1 fully saturated rings. The van der Waals surface area contributed by atoms with Crippen LogP contribution in [-0.2, 0) is 4.79 Å². The predicted molar refractivity (Wildman–Crippen MR) is 108 cm³/mol. The second kappa shape index (κ2) is 9.78. The molecular formula is C22H26N2O4. The summed E-state index contributed by atoms with van der Waals surface area (Å²) < 4.78 is 10.8. The number of likely N-dealkylation sites (tertiary alicyclic amines) is 1. The Morgan fingerprint density at radius 2 is 1.64 bits per heavy atom. The number of para-hydroxylation sites is 1. The normalized spacial score (nSPS) is 14.1. The second-order valence-corrected chi connectivity index (χ2v) is 6.76. The van der Waals surface area contributed by atoms with Gasteiger partial charge in [0.25, 0.3) is 11.8 Å². The van der Waals surface area contributed by atoms with E-state index in [0.29, 0.717) is 22.7 Å². The molecule has 6 heteroatoms. The molecule has 0 atom stereocenters. The first kappa shape index (κ1) is 19.7. The Morgan fingerprint density at radius 1 is 0.964 bits per heavy atom. The van der Waals surface area contributed by atoms with Gasteiger partial charge in [0.2, 0.25) is 0 Å². The number of nitrogens with one attached hydrogen (secondary N) is 1. The molecule has 0 bridgehead atoms. The fraction of sp³-hybridized carbons (Fsp3) is 0.364. The van der Waals surface area contributed by atoms with Gasteiger partial charge in [0, 0.05) is 18.8 Å². The maximum absolute atomic E-state index is 12.4. The largest absolute Gasteiger partial charge is 0.496 e. The van der Waals surface area contributed by atoms with Gasteiger partial charge in [-0.3, -0.25) is 9.59 Å². The summed E-state index contributed by atoms with van der Waals surface area (Å²) in [6.45, 7) is 1.67. The first-order valence-electron chi connectivity index (χ1n) is 9.62. The molecule has 1 N–H and O–H groups in total. The highest BCUT2D eigenvalue weighted by atomic mass is 16.5. The van der Waals surface area contributed by atoms with E-state index in [-0.39, 0.29) is 18.4 Å². The van der Waals surface area contributed by atoms with E-state index in [1.165, 1.54) is 20.0 Å². The van der Waals surface area contributed by atoms with Crippen LogP contribution >= 0.6 is 0 Å². The minimum absolute atomic E-state index is 0.0236. The number of nitrogens with zero attached hydrogens (tertiary/aromatic N) is 1. The minimum atomic E-state index is -0.248. The molecule has 1 heterocycles. The van der Waals surface area contributed by atoms with Crippen molar-refractivity contribution in [3.8, 4) is 11.5 Å². The number of amides is 2. The van der Waals surface area contributed by atoms with Crippen LogP contribution in [-0.4, -0.2) is 43.5 Å². The van der Waals surface area contributed by atoms with Crippen molar-refractivity contribution in [2.75, 3.05) is 32.1 Å². The van der Waals surface area contributed by atoms with Crippen LogP contribution in [0.1, 0.15) is 36.0 Å². The molecule has 0 aliphatic carbocycles. The molecule has 148 valence electrons. The number of rotatable bonds is 6. The maximum Gasteiger partial charge on any atom is 0.260 e. The molecule has 1 saturated heterocycles. The van der Waals surface area contributed by atoms with Gasteiger partial charge in [-0.2, -0.15) is 0 Å². The molecule has 28 heavy (non-hydrogen) atoms. The van der Waals surface area contributed by atoms with E-state index in [4.69, 9.17) is 9.47 Å². The standard InChI is InChI=1S/C22H26N2O4/c1-27-20-9-5-4-8-19(20)22(26)23-17-10-12-18(13-11-17)28-16-21(25)24-14-6-2-3-7-15-24/h4-5,8-13H,2-3,6-7,14-16H2,1H3,(H,23,26). The summed E-state index contributed by atoms with van der Waals surface area (Å²) in [5.74, 6) is 0.892. The van der Waals surface area contributed by atoms with Gasteiger partial charge in [0.15, 0.2) is 6.61 Å². The SMILES string of the molecule is COc1ccccc1C(=O)Nc1ccc(OCC(=O)N2CCCCCC2)cc1. The molecule has 0 saturated carbocycles. The van der Waals surface area contributed by atoms with Gasteiger partial charge in [-0.25, -0.2) is 0 Å². The first-order chi connectivity index (χ1) is 13.7. The van der Waals surface area contributed by atoms with Crippen LogP contribution in [0, 0.1) is 0 Å². The van der Waals surface area contributed by atoms with E-state index in [9.17, 15) is 9.59 Å². The molecule has 3 rings (SSSR count). The number of ether oxygens (including phenoxy) is 2. The first-order valence-corrected chi connectivity index (χ1v) is 9.62. The third-order valence-electron chi connectivity index (χ3n) is 4.78. The Morgan fingerprint density at radius 3 is 2.32 bits per heavy atom. The Labute approximate surface area is 165 Å². The predicted octanol–water partition coefficient (Wildman–Crippen LogP) is 3.73. The molecule has 0 aromatic heterocycles.